The molecule has 0 aliphatic rings. The molecule has 0 heterocycles. The average Bonchev–Trinajstić information content (AvgIpc) is 2.31. The summed E-state index contributed by atoms with van der Waals surface area (Å²) in [6.45, 7) is 7.15. The number of urea groups is 1. The molecule has 0 fully saturated rings. The zero-order valence-electron chi connectivity index (χ0n) is 11.9. The number of hydrogen-bond acceptors (Lipinski definition) is 3. The highest BCUT2D eigenvalue weighted by Gasteiger charge is 2.20. The normalized spacial score (nSPS) is 12.6. The van der Waals surface area contributed by atoms with E-state index >= 15 is 0 Å². The SMILES string of the molecule is CC(C)N(C)CCCNC(=O)N(C)C(C)C(=O)O. The molecule has 0 spiro atoms. The van der Waals surface area contributed by atoms with Gasteiger partial charge in [0.1, 0.15) is 6.04 Å². The molecular formula is C12H25N3O3. The van der Waals surface area contributed by atoms with Crippen LogP contribution >= 0.6 is 0 Å². The van der Waals surface area contributed by atoms with E-state index in [1.165, 1.54) is 18.9 Å². The fourth-order valence-electron chi connectivity index (χ4n) is 1.25. The molecule has 0 aromatic heterocycles. The predicted octanol–water partition coefficient (Wildman–Crippen LogP) is 0.831. The molecule has 0 radical (unpaired) electrons. The number of hydrogen-bond donors (Lipinski definition) is 2. The maximum atomic E-state index is 11.6. The van der Waals surface area contributed by atoms with Gasteiger partial charge in [-0.05, 0) is 40.8 Å². The smallest absolute Gasteiger partial charge is 0.326 e. The van der Waals surface area contributed by atoms with E-state index in [1.54, 1.807) is 0 Å². The van der Waals surface area contributed by atoms with Crippen molar-refractivity contribution in [3.63, 3.8) is 0 Å². The number of carboxylic acid groups (broad SMARTS) is 1. The maximum absolute atomic E-state index is 11.6. The summed E-state index contributed by atoms with van der Waals surface area (Å²) in [5.41, 5.74) is 0. The van der Waals surface area contributed by atoms with E-state index in [-0.39, 0.29) is 6.03 Å². The summed E-state index contributed by atoms with van der Waals surface area (Å²) in [6.07, 6.45) is 0.843. The van der Waals surface area contributed by atoms with Crippen molar-refractivity contribution >= 4 is 12.0 Å². The highest BCUT2D eigenvalue weighted by Crippen LogP contribution is 1.97. The van der Waals surface area contributed by atoms with Crippen molar-refractivity contribution in [1.82, 2.24) is 15.1 Å². The van der Waals surface area contributed by atoms with E-state index in [0.717, 1.165) is 13.0 Å². The van der Waals surface area contributed by atoms with Gasteiger partial charge in [0.25, 0.3) is 0 Å². The van der Waals surface area contributed by atoms with Gasteiger partial charge in [-0.2, -0.15) is 0 Å². The lowest BCUT2D eigenvalue weighted by atomic mass is 10.3. The largest absolute Gasteiger partial charge is 0.480 e. The highest BCUT2D eigenvalue weighted by atomic mass is 16.4. The summed E-state index contributed by atoms with van der Waals surface area (Å²) in [6, 6.07) is -0.684. The molecule has 0 aromatic rings. The summed E-state index contributed by atoms with van der Waals surface area (Å²) in [7, 11) is 3.51. The lowest BCUT2D eigenvalue weighted by molar-refractivity contribution is -0.141. The van der Waals surface area contributed by atoms with Crippen molar-refractivity contribution in [2.45, 2.75) is 39.3 Å². The first-order valence-corrected chi connectivity index (χ1v) is 6.21. The molecule has 0 aliphatic carbocycles. The molecule has 106 valence electrons. The van der Waals surface area contributed by atoms with E-state index in [9.17, 15) is 9.59 Å². The maximum Gasteiger partial charge on any atom is 0.326 e. The minimum Gasteiger partial charge on any atom is -0.480 e. The number of nitrogens with one attached hydrogen (secondary N) is 1. The van der Waals surface area contributed by atoms with Gasteiger partial charge in [0.2, 0.25) is 0 Å². The standard InChI is InChI=1S/C12H25N3O3/c1-9(2)14(4)8-6-7-13-12(18)15(5)10(3)11(16)17/h9-10H,6-8H2,1-5H3,(H,13,18)(H,16,17). The number of likely N-dealkylation sites (N-methyl/N-ethyl adjacent to an activating group) is 1. The minimum absolute atomic E-state index is 0.350. The second-order valence-electron chi connectivity index (χ2n) is 4.78. The highest BCUT2D eigenvalue weighted by molar-refractivity contribution is 5.82. The van der Waals surface area contributed by atoms with Gasteiger partial charge in [0, 0.05) is 19.6 Å². The molecule has 6 nitrogen and oxygen atoms in total. The number of carbonyl (C=O) groups excluding carboxylic acids is 1. The third kappa shape index (κ3) is 5.86. The van der Waals surface area contributed by atoms with Crippen molar-refractivity contribution in [2.24, 2.45) is 0 Å². The molecule has 18 heavy (non-hydrogen) atoms. The third-order valence-electron chi connectivity index (χ3n) is 3.10. The lowest BCUT2D eigenvalue weighted by Crippen LogP contribution is -2.46. The van der Waals surface area contributed by atoms with Crippen molar-refractivity contribution in [3.05, 3.63) is 0 Å². The van der Waals surface area contributed by atoms with Crippen LogP contribution in [0.25, 0.3) is 0 Å². The zero-order valence-corrected chi connectivity index (χ0v) is 11.9. The molecule has 0 rings (SSSR count). The Morgan fingerprint density at radius 3 is 2.22 bits per heavy atom. The van der Waals surface area contributed by atoms with Crippen molar-refractivity contribution in [2.75, 3.05) is 27.2 Å². The monoisotopic (exact) mass is 259 g/mol. The van der Waals surface area contributed by atoms with Crippen LogP contribution < -0.4 is 5.32 Å². The topological polar surface area (TPSA) is 72.9 Å². The van der Waals surface area contributed by atoms with Crippen LogP contribution in [0.3, 0.4) is 0 Å². The minimum atomic E-state index is -1.01. The van der Waals surface area contributed by atoms with Crippen molar-refractivity contribution in [3.8, 4) is 0 Å². The van der Waals surface area contributed by atoms with Gasteiger partial charge in [-0.15, -0.1) is 0 Å². The molecule has 0 bridgehead atoms. The van der Waals surface area contributed by atoms with Crippen LogP contribution in [0, 0.1) is 0 Å². The molecule has 2 amide bonds. The van der Waals surface area contributed by atoms with Crippen molar-refractivity contribution in [1.29, 1.82) is 0 Å². The molecule has 2 N–H and O–H groups in total. The molecule has 1 atom stereocenters. The van der Waals surface area contributed by atoms with Crippen LogP contribution in [0.15, 0.2) is 0 Å². The number of rotatable bonds is 7. The first kappa shape index (κ1) is 16.7. The fourth-order valence-corrected chi connectivity index (χ4v) is 1.25. The zero-order chi connectivity index (χ0) is 14.3. The first-order valence-electron chi connectivity index (χ1n) is 6.21. The number of nitrogens with zero attached hydrogens (tertiary/aromatic N) is 2. The van der Waals surface area contributed by atoms with Crippen LogP contribution in [0.4, 0.5) is 4.79 Å². The van der Waals surface area contributed by atoms with Gasteiger partial charge >= 0.3 is 12.0 Å². The molecule has 6 heteroatoms. The van der Waals surface area contributed by atoms with Crippen LogP contribution in [0.1, 0.15) is 27.2 Å². The Balaban J connectivity index is 3.87. The van der Waals surface area contributed by atoms with Crippen LogP contribution in [0.5, 0.6) is 0 Å². The number of aliphatic carboxylic acids is 1. The van der Waals surface area contributed by atoms with E-state index < -0.39 is 12.0 Å². The molecule has 0 saturated carbocycles. The van der Waals surface area contributed by atoms with Crippen LogP contribution in [-0.2, 0) is 4.79 Å². The first-order chi connectivity index (χ1) is 8.27. The molecule has 0 aromatic carbocycles. The van der Waals surface area contributed by atoms with Crippen LogP contribution in [0.2, 0.25) is 0 Å². The van der Waals surface area contributed by atoms with Gasteiger partial charge in [0.15, 0.2) is 0 Å². The number of carboxylic acids is 1. The molecule has 0 saturated heterocycles. The number of amides is 2. The fraction of sp³-hybridized carbons (Fsp3) is 0.833. The Hall–Kier alpha value is -1.30. The van der Waals surface area contributed by atoms with E-state index in [1.807, 2.05) is 7.05 Å². The summed E-state index contributed by atoms with van der Waals surface area (Å²) < 4.78 is 0. The Bertz CT molecular complexity index is 282. The number of carbonyl (C=O) groups is 2. The van der Waals surface area contributed by atoms with Gasteiger partial charge in [0.05, 0.1) is 0 Å². The second-order valence-corrected chi connectivity index (χ2v) is 4.78. The van der Waals surface area contributed by atoms with Crippen molar-refractivity contribution < 1.29 is 14.7 Å². The lowest BCUT2D eigenvalue weighted by Gasteiger charge is -2.23. The van der Waals surface area contributed by atoms with Gasteiger partial charge in [-0.1, -0.05) is 0 Å². The Labute approximate surface area is 109 Å². The molecule has 0 aliphatic heterocycles. The summed E-state index contributed by atoms with van der Waals surface area (Å²) in [4.78, 5) is 25.7. The Kier molecular flexibility index (Phi) is 7.35. The summed E-state index contributed by atoms with van der Waals surface area (Å²) in [5.74, 6) is -1.01. The Morgan fingerprint density at radius 2 is 1.78 bits per heavy atom. The van der Waals surface area contributed by atoms with Gasteiger partial charge < -0.3 is 20.2 Å². The summed E-state index contributed by atoms with van der Waals surface area (Å²) >= 11 is 0. The average molecular weight is 259 g/mol. The quantitative estimate of drug-likeness (QED) is 0.664. The van der Waals surface area contributed by atoms with Crippen LogP contribution in [-0.4, -0.2) is 66.2 Å². The van der Waals surface area contributed by atoms with Gasteiger partial charge in [-0.3, -0.25) is 0 Å². The van der Waals surface area contributed by atoms with Gasteiger partial charge in [-0.25, -0.2) is 9.59 Å². The molecule has 1 unspecified atom stereocenters. The Morgan fingerprint density at radius 1 is 1.22 bits per heavy atom. The van der Waals surface area contributed by atoms with E-state index in [4.69, 9.17) is 5.11 Å². The third-order valence-corrected chi connectivity index (χ3v) is 3.10. The predicted molar refractivity (Wildman–Crippen MR) is 70.6 cm³/mol. The molecular weight excluding hydrogens is 234 g/mol. The summed E-state index contributed by atoms with van der Waals surface area (Å²) in [5, 5.41) is 11.5. The van der Waals surface area contributed by atoms with E-state index in [0.29, 0.717) is 12.6 Å². The van der Waals surface area contributed by atoms with E-state index in [2.05, 4.69) is 24.1 Å². The second kappa shape index (κ2) is 7.92.